The molecule has 2 aliphatic rings. The summed E-state index contributed by atoms with van der Waals surface area (Å²) in [5, 5.41) is 0. The van der Waals surface area contributed by atoms with Crippen molar-refractivity contribution in [3.8, 4) is 11.5 Å². The lowest BCUT2D eigenvalue weighted by atomic mass is 10.2. The van der Waals surface area contributed by atoms with Crippen molar-refractivity contribution in [1.29, 1.82) is 0 Å². The molecule has 19 heavy (non-hydrogen) atoms. The number of benzene rings is 1. The van der Waals surface area contributed by atoms with Crippen molar-refractivity contribution in [2.24, 2.45) is 0 Å². The summed E-state index contributed by atoms with van der Waals surface area (Å²) in [6.07, 6.45) is 6.20. The third kappa shape index (κ3) is 3.19. The monoisotopic (exact) mass is 263 g/mol. The quantitative estimate of drug-likeness (QED) is 0.848. The molecule has 3 rings (SSSR count). The van der Waals surface area contributed by atoms with Crippen molar-refractivity contribution in [3.05, 3.63) is 23.8 Å². The van der Waals surface area contributed by atoms with E-state index in [9.17, 15) is 0 Å². The number of rotatable bonds is 4. The zero-order valence-corrected chi connectivity index (χ0v) is 11.2. The number of hydrogen-bond donors (Lipinski definition) is 1. The van der Waals surface area contributed by atoms with Crippen LogP contribution in [-0.2, 0) is 11.4 Å². The molecular weight excluding hydrogens is 242 g/mol. The van der Waals surface area contributed by atoms with Gasteiger partial charge in [-0.1, -0.05) is 25.0 Å². The molecule has 0 unspecified atom stereocenters. The number of fused-ring (bicyclic) bond motifs is 1. The molecule has 0 atom stereocenters. The van der Waals surface area contributed by atoms with E-state index in [0.29, 0.717) is 19.3 Å². The van der Waals surface area contributed by atoms with E-state index in [-0.39, 0.29) is 0 Å². The molecule has 0 amide bonds. The van der Waals surface area contributed by atoms with Gasteiger partial charge in [0.25, 0.3) is 0 Å². The van der Waals surface area contributed by atoms with Crippen molar-refractivity contribution >= 4 is 0 Å². The molecule has 0 spiro atoms. The Hall–Kier alpha value is -1.26. The number of hydrogen-bond acceptors (Lipinski definition) is 4. The highest BCUT2D eigenvalue weighted by molar-refractivity contribution is 5.46. The van der Waals surface area contributed by atoms with Crippen LogP contribution in [0.1, 0.15) is 37.7 Å². The lowest BCUT2D eigenvalue weighted by molar-refractivity contribution is -0.0247. The van der Waals surface area contributed by atoms with Gasteiger partial charge in [0.15, 0.2) is 11.5 Å². The summed E-state index contributed by atoms with van der Waals surface area (Å²) >= 11 is 0. The van der Waals surface area contributed by atoms with E-state index in [1.165, 1.54) is 25.7 Å². The first kappa shape index (κ1) is 12.8. The molecule has 1 saturated carbocycles. The van der Waals surface area contributed by atoms with Crippen LogP contribution in [0.4, 0.5) is 0 Å². The summed E-state index contributed by atoms with van der Waals surface area (Å²) in [4.78, 5) is 5.68. The highest BCUT2D eigenvalue weighted by Crippen LogP contribution is 2.33. The summed E-state index contributed by atoms with van der Waals surface area (Å²) in [7, 11) is 0. The van der Waals surface area contributed by atoms with Crippen LogP contribution in [0.5, 0.6) is 11.5 Å². The van der Waals surface area contributed by atoms with Gasteiger partial charge in [-0.15, -0.1) is 0 Å². The first-order valence-electron chi connectivity index (χ1n) is 7.19. The molecule has 1 aromatic carbocycles. The minimum absolute atomic E-state index is 0.375. The Bertz CT molecular complexity index is 416. The molecule has 1 aliphatic carbocycles. The molecular formula is C15H21NO3. The molecule has 1 aliphatic heterocycles. The zero-order chi connectivity index (χ0) is 12.9. The first-order chi connectivity index (χ1) is 9.43. The Morgan fingerprint density at radius 1 is 1.11 bits per heavy atom. The minimum Gasteiger partial charge on any atom is -0.490 e. The average molecular weight is 263 g/mol. The second-order valence-corrected chi connectivity index (χ2v) is 5.14. The van der Waals surface area contributed by atoms with Gasteiger partial charge in [0.2, 0.25) is 0 Å². The van der Waals surface area contributed by atoms with Gasteiger partial charge in [-0.05, 0) is 18.9 Å². The molecule has 1 N–H and O–H groups in total. The Balaban J connectivity index is 1.60. The van der Waals surface area contributed by atoms with Crippen molar-refractivity contribution in [2.75, 3.05) is 13.2 Å². The normalized spacial score (nSPS) is 19.4. The number of para-hydroxylation sites is 1. The maximum absolute atomic E-state index is 5.78. The Labute approximate surface area is 114 Å². The van der Waals surface area contributed by atoms with Gasteiger partial charge in [0.1, 0.15) is 0 Å². The van der Waals surface area contributed by atoms with Crippen LogP contribution in [0, 0.1) is 0 Å². The molecule has 4 nitrogen and oxygen atoms in total. The van der Waals surface area contributed by atoms with Gasteiger partial charge in [-0.25, -0.2) is 0 Å². The van der Waals surface area contributed by atoms with Crippen LogP contribution in [0.25, 0.3) is 0 Å². The van der Waals surface area contributed by atoms with Gasteiger partial charge in [-0.2, -0.15) is 5.48 Å². The lowest BCUT2D eigenvalue weighted by Crippen LogP contribution is -2.21. The molecule has 1 aromatic rings. The minimum atomic E-state index is 0.375. The largest absolute Gasteiger partial charge is 0.490 e. The van der Waals surface area contributed by atoms with Crippen LogP contribution in [-0.4, -0.2) is 19.3 Å². The first-order valence-corrected chi connectivity index (χ1v) is 7.19. The van der Waals surface area contributed by atoms with Gasteiger partial charge < -0.3 is 9.47 Å². The predicted molar refractivity (Wildman–Crippen MR) is 72.2 cm³/mol. The van der Waals surface area contributed by atoms with Gasteiger partial charge in [0, 0.05) is 18.5 Å². The number of ether oxygens (including phenoxy) is 2. The lowest BCUT2D eigenvalue weighted by Gasteiger charge is -2.15. The molecule has 4 heteroatoms. The summed E-state index contributed by atoms with van der Waals surface area (Å²) in [5.74, 6) is 1.71. The van der Waals surface area contributed by atoms with Crippen LogP contribution < -0.4 is 15.0 Å². The maximum atomic E-state index is 5.78. The van der Waals surface area contributed by atoms with Crippen LogP contribution in [0.15, 0.2) is 18.2 Å². The van der Waals surface area contributed by atoms with E-state index < -0.39 is 0 Å². The second kappa shape index (κ2) is 6.26. The van der Waals surface area contributed by atoms with Crippen LogP contribution in [0.3, 0.4) is 0 Å². The molecule has 1 fully saturated rings. The second-order valence-electron chi connectivity index (χ2n) is 5.14. The zero-order valence-electron chi connectivity index (χ0n) is 11.2. The summed E-state index contributed by atoms with van der Waals surface area (Å²) in [6.45, 7) is 2.10. The molecule has 0 aromatic heterocycles. The molecule has 0 bridgehead atoms. The molecule has 104 valence electrons. The van der Waals surface area contributed by atoms with Gasteiger partial charge in [-0.3, -0.25) is 4.84 Å². The van der Waals surface area contributed by atoms with E-state index in [1.54, 1.807) is 0 Å². The maximum Gasteiger partial charge on any atom is 0.165 e. The van der Waals surface area contributed by atoms with E-state index in [1.807, 2.05) is 12.1 Å². The van der Waals surface area contributed by atoms with Crippen molar-refractivity contribution in [2.45, 2.75) is 44.8 Å². The van der Waals surface area contributed by atoms with Crippen molar-refractivity contribution in [1.82, 2.24) is 5.48 Å². The van der Waals surface area contributed by atoms with Gasteiger partial charge in [0.05, 0.1) is 19.3 Å². The fourth-order valence-corrected chi connectivity index (χ4v) is 2.64. The Morgan fingerprint density at radius 2 is 1.95 bits per heavy atom. The third-order valence-corrected chi connectivity index (χ3v) is 3.67. The predicted octanol–water partition coefficient (Wildman–Crippen LogP) is 2.81. The smallest absolute Gasteiger partial charge is 0.165 e. The summed E-state index contributed by atoms with van der Waals surface area (Å²) in [6, 6.07) is 6.01. The van der Waals surface area contributed by atoms with E-state index in [0.717, 1.165) is 30.1 Å². The number of nitrogens with one attached hydrogen (secondary N) is 1. The average Bonchev–Trinajstić information content (AvgIpc) is 2.82. The fourth-order valence-electron chi connectivity index (χ4n) is 2.64. The fraction of sp³-hybridized carbons (Fsp3) is 0.600. The third-order valence-electron chi connectivity index (χ3n) is 3.67. The van der Waals surface area contributed by atoms with E-state index in [4.69, 9.17) is 14.3 Å². The standard InChI is InChI=1S/C15H21NO3/c1-2-7-13(6-1)19-16-11-12-5-3-8-14-15(12)18-10-4-9-17-14/h3,5,8,13,16H,1-2,4,6-7,9-11H2. The van der Waals surface area contributed by atoms with E-state index >= 15 is 0 Å². The molecule has 0 radical (unpaired) electrons. The van der Waals surface area contributed by atoms with Crippen molar-refractivity contribution < 1.29 is 14.3 Å². The van der Waals surface area contributed by atoms with Gasteiger partial charge >= 0.3 is 0 Å². The Kier molecular flexibility index (Phi) is 4.20. The number of hydroxylamine groups is 1. The van der Waals surface area contributed by atoms with Crippen LogP contribution in [0.2, 0.25) is 0 Å². The van der Waals surface area contributed by atoms with Crippen LogP contribution >= 0.6 is 0 Å². The summed E-state index contributed by atoms with van der Waals surface area (Å²) in [5.41, 5.74) is 4.17. The summed E-state index contributed by atoms with van der Waals surface area (Å²) < 4.78 is 11.5. The SMILES string of the molecule is c1cc(CNOC2CCCC2)c2c(c1)OCCCO2. The molecule has 1 heterocycles. The Morgan fingerprint density at radius 3 is 2.84 bits per heavy atom. The van der Waals surface area contributed by atoms with E-state index in [2.05, 4.69) is 11.5 Å². The highest BCUT2D eigenvalue weighted by Gasteiger charge is 2.17. The van der Waals surface area contributed by atoms with Crippen molar-refractivity contribution in [3.63, 3.8) is 0 Å². The molecule has 0 saturated heterocycles. The highest BCUT2D eigenvalue weighted by atomic mass is 16.7. The topological polar surface area (TPSA) is 39.7 Å².